The molecule has 0 aromatic heterocycles. The van der Waals surface area contributed by atoms with Gasteiger partial charge >= 0.3 is 11.9 Å². The number of benzene rings is 1. The summed E-state index contributed by atoms with van der Waals surface area (Å²) in [5, 5.41) is 41.4. The van der Waals surface area contributed by atoms with E-state index < -0.39 is 54.6 Å². The van der Waals surface area contributed by atoms with Gasteiger partial charge in [-0.3, -0.25) is 14.4 Å². The van der Waals surface area contributed by atoms with Crippen molar-refractivity contribution in [3.05, 3.63) is 35.9 Å². The van der Waals surface area contributed by atoms with Gasteiger partial charge in [0, 0.05) is 25.1 Å². The number of nitrogens with zero attached hydrogens (tertiary/aromatic N) is 1. The topological polar surface area (TPSA) is 183 Å². The molecule has 0 radical (unpaired) electrons. The molecule has 0 spiro atoms. The van der Waals surface area contributed by atoms with E-state index in [0.717, 1.165) is 0 Å². The Morgan fingerprint density at radius 3 is 2.17 bits per heavy atom. The predicted octanol–water partition coefficient (Wildman–Crippen LogP) is -0.351. The second-order valence-corrected chi connectivity index (χ2v) is 8.48. The first kappa shape index (κ1) is 29.2. The fourth-order valence-corrected chi connectivity index (χ4v) is 3.78. The molecule has 200 valence electrons. The number of hydrogen-bond acceptors (Lipinski definition) is 9. The van der Waals surface area contributed by atoms with Gasteiger partial charge < -0.3 is 40.1 Å². The summed E-state index contributed by atoms with van der Waals surface area (Å²) in [6.45, 7) is 4.76. The highest BCUT2D eigenvalue weighted by Gasteiger charge is 2.48. The molecule has 6 unspecified atom stereocenters. The maximum atomic E-state index is 13.2. The van der Waals surface area contributed by atoms with Crippen LogP contribution in [0.25, 0.3) is 0 Å². The van der Waals surface area contributed by atoms with Crippen molar-refractivity contribution in [3.8, 4) is 0 Å². The Labute approximate surface area is 208 Å². The van der Waals surface area contributed by atoms with E-state index >= 15 is 0 Å². The summed E-state index contributed by atoms with van der Waals surface area (Å²) in [5.74, 6) is -3.44. The Morgan fingerprint density at radius 2 is 1.61 bits per heavy atom. The summed E-state index contributed by atoms with van der Waals surface area (Å²) in [7, 11) is 0. The minimum Gasteiger partial charge on any atom is -0.479 e. The van der Waals surface area contributed by atoms with E-state index in [1.807, 2.05) is 13.8 Å². The third kappa shape index (κ3) is 7.72. The molecule has 1 heterocycles. The highest BCUT2D eigenvalue weighted by atomic mass is 16.7. The van der Waals surface area contributed by atoms with Gasteiger partial charge in [-0.15, -0.1) is 0 Å². The Kier molecular flexibility index (Phi) is 11.2. The molecule has 0 bridgehead atoms. The third-order valence-electron chi connectivity index (χ3n) is 5.64. The van der Waals surface area contributed by atoms with Crippen LogP contribution in [0.2, 0.25) is 0 Å². The van der Waals surface area contributed by atoms with Crippen molar-refractivity contribution in [1.29, 1.82) is 0 Å². The van der Waals surface area contributed by atoms with Gasteiger partial charge in [-0.1, -0.05) is 32.0 Å². The SMILES string of the molecule is CCCN(CCC)C(=O)C(CCC(=O)OC1OC(C(=O)O)C(O)C(O)C1O)NC(=O)c1ccccc1. The van der Waals surface area contributed by atoms with Crippen LogP contribution in [0, 0.1) is 0 Å². The summed E-state index contributed by atoms with van der Waals surface area (Å²) in [6, 6.07) is 7.21. The molecule has 12 nitrogen and oxygen atoms in total. The molecule has 0 saturated carbocycles. The van der Waals surface area contributed by atoms with Gasteiger partial charge in [0.2, 0.25) is 12.2 Å². The van der Waals surface area contributed by atoms with E-state index in [-0.39, 0.29) is 18.7 Å². The number of carbonyl (C=O) groups is 4. The zero-order chi connectivity index (χ0) is 26.8. The average Bonchev–Trinajstić information content (AvgIpc) is 2.86. The maximum absolute atomic E-state index is 13.2. The second kappa shape index (κ2) is 13.9. The fourth-order valence-electron chi connectivity index (χ4n) is 3.78. The lowest BCUT2D eigenvalue weighted by Crippen LogP contribution is -2.60. The number of carbonyl (C=O) groups excluding carboxylic acids is 3. The predicted molar refractivity (Wildman–Crippen MR) is 125 cm³/mol. The fraction of sp³-hybridized carbons (Fsp3) is 0.583. The van der Waals surface area contributed by atoms with Crippen molar-refractivity contribution in [2.45, 2.75) is 76.3 Å². The van der Waals surface area contributed by atoms with E-state index in [9.17, 15) is 34.5 Å². The maximum Gasteiger partial charge on any atom is 0.335 e. The van der Waals surface area contributed by atoms with Crippen LogP contribution in [0.1, 0.15) is 49.9 Å². The Morgan fingerprint density at radius 1 is 1.00 bits per heavy atom. The second-order valence-electron chi connectivity index (χ2n) is 8.48. The van der Waals surface area contributed by atoms with E-state index in [4.69, 9.17) is 14.6 Å². The quantitative estimate of drug-likeness (QED) is 0.233. The lowest BCUT2D eigenvalue weighted by Gasteiger charge is -2.38. The summed E-state index contributed by atoms with van der Waals surface area (Å²) in [6.07, 6.45) is -8.64. The molecule has 36 heavy (non-hydrogen) atoms. The van der Waals surface area contributed by atoms with Crippen molar-refractivity contribution < 1.29 is 49.1 Å². The molecule has 1 aliphatic heterocycles. The number of aliphatic carboxylic acids is 1. The first-order valence-corrected chi connectivity index (χ1v) is 11.9. The molecular formula is C24H34N2O10. The highest BCUT2D eigenvalue weighted by Crippen LogP contribution is 2.23. The molecule has 12 heteroatoms. The van der Waals surface area contributed by atoms with Crippen LogP contribution >= 0.6 is 0 Å². The average molecular weight is 511 g/mol. The van der Waals surface area contributed by atoms with Crippen molar-refractivity contribution in [3.63, 3.8) is 0 Å². The Bertz CT molecular complexity index is 890. The van der Waals surface area contributed by atoms with E-state index in [1.54, 1.807) is 35.2 Å². The zero-order valence-corrected chi connectivity index (χ0v) is 20.3. The lowest BCUT2D eigenvalue weighted by molar-refractivity contribution is -0.286. The first-order valence-electron chi connectivity index (χ1n) is 11.9. The number of amides is 2. The number of ether oxygens (including phenoxy) is 2. The summed E-state index contributed by atoms with van der Waals surface area (Å²) in [4.78, 5) is 51.2. The number of aliphatic hydroxyl groups excluding tert-OH is 3. The third-order valence-corrected chi connectivity index (χ3v) is 5.64. The van der Waals surface area contributed by atoms with Crippen molar-refractivity contribution >= 4 is 23.8 Å². The molecule has 1 aromatic carbocycles. The van der Waals surface area contributed by atoms with Crippen LogP contribution in [-0.2, 0) is 23.9 Å². The number of rotatable bonds is 12. The largest absolute Gasteiger partial charge is 0.479 e. The number of nitrogens with one attached hydrogen (secondary N) is 1. The van der Waals surface area contributed by atoms with Crippen molar-refractivity contribution in [2.75, 3.05) is 13.1 Å². The monoisotopic (exact) mass is 510 g/mol. The standard InChI is InChI=1S/C24H34N2O10/c1-3-12-26(13-4-2)22(32)15(25-21(31)14-8-6-5-7-9-14)10-11-16(27)35-24-19(30)17(28)18(29)20(36-24)23(33)34/h5-9,15,17-20,24,28-30H,3-4,10-13H2,1-2H3,(H,25,31)(H,33,34). The van der Waals surface area contributed by atoms with Gasteiger partial charge in [-0.25, -0.2) is 4.79 Å². The molecule has 0 aliphatic carbocycles. The molecular weight excluding hydrogens is 476 g/mol. The number of aliphatic hydroxyl groups is 3. The number of carboxylic acids is 1. The molecule has 2 rings (SSSR count). The number of esters is 1. The number of carboxylic acid groups (broad SMARTS) is 1. The lowest BCUT2D eigenvalue weighted by atomic mass is 9.99. The molecule has 1 aromatic rings. The van der Waals surface area contributed by atoms with Crippen LogP contribution in [0.5, 0.6) is 0 Å². The minimum absolute atomic E-state index is 0.142. The van der Waals surface area contributed by atoms with Gasteiger partial charge in [0.25, 0.3) is 5.91 Å². The summed E-state index contributed by atoms with van der Waals surface area (Å²) >= 11 is 0. The van der Waals surface area contributed by atoms with Crippen molar-refractivity contribution in [2.24, 2.45) is 0 Å². The van der Waals surface area contributed by atoms with Crippen LogP contribution < -0.4 is 5.32 Å². The Hall–Kier alpha value is -3.06. The van der Waals surface area contributed by atoms with Gasteiger partial charge in [0.05, 0.1) is 0 Å². The highest BCUT2D eigenvalue weighted by molar-refractivity contribution is 5.97. The van der Waals surface area contributed by atoms with Crippen LogP contribution in [-0.4, -0.2) is 98.9 Å². The minimum atomic E-state index is -1.93. The van der Waals surface area contributed by atoms with Gasteiger partial charge in [0.1, 0.15) is 24.4 Å². The number of hydrogen-bond donors (Lipinski definition) is 5. The molecule has 6 atom stereocenters. The first-order chi connectivity index (χ1) is 17.1. The summed E-state index contributed by atoms with van der Waals surface area (Å²) in [5.41, 5.74) is 0.335. The van der Waals surface area contributed by atoms with Gasteiger partial charge in [-0.2, -0.15) is 0 Å². The smallest absolute Gasteiger partial charge is 0.335 e. The molecule has 2 amide bonds. The molecule has 1 saturated heterocycles. The van der Waals surface area contributed by atoms with Crippen LogP contribution in [0.4, 0.5) is 0 Å². The van der Waals surface area contributed by atoms with E-state index in [2.05, 4.69) is 5.32 Å². The molecule has 1 fully saturated rings. The van der Waals surface area contributed by atoms with E-state index in [0.29, 0.717) is 31.5 Å². The van der Waals surface area contributed by atoms with Crippen molar-refractivity contribution in [1.82, 2.24) is 10.2 Å². The zero-order valence-electron chi connectivity index (χ0n) is 20.3. The van der Waals surface area contributed by atoms with Gasteiger partial charge in [0.15, 0.2) is 6.10 Å². The van der Waals surface area contributed by atoms with Gasteiger partial charge in [-0.05, 0) is 31.4 Å². The summed E-state index contributed by atoms with van der Waals surface area (Å²) < 4.78 is 9.94. The van der Waals surface area contributed by atoms with Crippen LogP contribution in [0.3, 0.4) is 0 Å². The molecule has 5 N–H and O–H groups in total. The van der Waals surface area contributed by atoms with Crippen LogP contribution in [0.15, 0.2) is 30.3 Å². The van der Waals surface area contributed by atoms with E-state index in [1.165, 1.54) is 0 Å². The normalized spacial score (nSPS) is 24.4. The molecule has 1 aliphatic rings. The Balaban J connectivity index is 2.10.